The maximum absolute atomic E-state index is 10.6. The molecule has 0 amide bonds. The lowest BCUT2D eigenvalue weighted by molar-refractivity contribution is 0.0696. The summed E-state index contributed by atoms with van der Waals surface area (Å²) in [4.78, 5) is 18.0. The van der Waals surface area contributed by atoms with E-state index >= 15 is 0 Å². The number of carboxylic acid groups (broad SMARTS) is 1. The Labute approximate surface area is 126 Å². The fourth-order valence-corrected chi connectivity index (χ4v) is 2.44. The maximum Gasteiger partial charge on any atom is 0.365 e. The number of carboxylic acids is 1. The molecule has 0 saturated heterocycles. The van der Waals surface area contributed by atoms with Crippen LogP contribution in [0.5, 0.6) is 0 Å². The first kappa shape index (κ1) is 29.4. The van der Waals surface area contributed by atoms with E-state index in [1.54, 1.807) is 0 Å². The minimum Gasteiger partial charge on any atom is -0.476 e. The largest absolute Gasteiger partial charge is 0.476 e. The van der Waals surface area contributed by atoms with Crippen molar-refractivity contribution in [3.05, 3.63) is 15.6 Å². The van der Waals surface area contributed by atoms with Crippen LogP contribution in [0.3, 0.4) is 0 Å². The van der Waals surface area contributed by atoms with E-state index in [1.165, 1.54) is 11.3 Å². The van der Waals surface area contributed by atoms with Crippen molar-refractivity contribution in [1.29, 1.82) is 0 Å². The van der Waals surface area contributed by atoms with Gasteiger partial charge in [0, 0.05) is 70.1 Å². The van der Waals surface area contributed by atoms with Crippen molar-refractivity contribution in [1.82, 2.24) is 9.88 Å². The molecule has 1 aliphatic heterocycles. The molecule has 1 N–H and O–H groups in total. The summed E-state index contributed by atoms with van der Waals surface area (Å²) in [6, 6.07) is 0. The Balaban J connectivity index is -0.000000156. The normalized spacial score (nSPS) is 10.9. The number of rotatable bonds is 1. The number of halogens is 10. The molecule has 0 fully saturated rings. The van der Waals surface area contributed by atoms with E-state index in [0.717, 1.165) is 30.1 Å². The Morgan fingerprint density at radius 1 is 1.04 bits per heavy atom. The minimum absolute atomic E-state index is 0.223. The van der Waals surface area contributed by atoms with Gasteiger partial charge >= 0.3 is 5.97 Å². The van der Waals surface area contributed by atoms with E-state index in [1.807, 2.05) is 7.05 Å². The molecule has 0 radical (unpaired) electrons. The fraction of sp³-hybridized carbons (Fsp3) is 0.500. The fourth-order valence-electron chi connectivity index (χ4n) is 1.41. The molecular weight excluding hydrogens is 378 g/mol. The predicted molar refractivity (Wildman–Crippen MR) is 60.2 cm³/mol. The van der Waals surface area contributed by atoms with Gasteiger partial charge in [0.2, 0.25) is 5.01 Å². The number of thiazole rings is 1. The Morgan fingerprint density at radius 3 is 1.87 bits per heavy atom. The SMILES string of the molecule is CN1CCc2nc(C(=O)O)sc2C1.FF.FF.FF.FF.FF. The number of aromatic nitrogens is 1. The second-order valence-electron chi connectivity index (χ2n) is 3.18. The number of hydrogen-bond acceptors (Lipinski definition) is 4. The number of carbonyl (C=O) groups is 1. The average molecular weight is 388 g/mol. The third kappa shape index (κ3) is 12.6. The quantitative estimate of drug-likeness (QED) is 0.686. The summed E-state index contributed by atoms with van der Waals surface area (Å²) < 4.78 is 80.0. The molecule has 23 heavy (non-hydrogen) atoms. The van der Waals surface area contributed by atoms with E-state index in [-0.39, 0.29) is 5.01 Å². The van der Waals surface area contributed by atoms with Crippen molar-refractivity contribution < 1.29 is 55.6 Å². The Morgan fingerprint density at radius 2 is 1.48 bits per heavy atom. The molecular formula is C8H10F10N2O2S. The highest BCUT2D eigenvalue weighted by molar-refractivity contribution is 7.13. The highest BCUT2D eigenvalue weighted by Crippen LogP contribution is 2.24. The van der Waals surface area contributed by atoms with E-state index in [9.17, 15) is 4.79 Å². The molecule has 0 spiro atoms. The highest BCUT2D eigenvalue weighted by Gasteiger charge is 2.20. The molecule has 2 heterocycles. The monoisotopic (exact) mass is 388 g/mol. The van der Waals surface area contributed by atoms with Crippen LogP contribution in [-0.2, 0) is 13.0 Å². The summed E-state index contributed by atoms with van der Waals surface area (Å²) in [5.74, 6) is -0.915. The van der Waals surface area contributed by atoms with Crippen LogP contribution < -0.4 is 0 Å². The van der Waals surface area contributed by atoms with Crippen LogP contribution in [0, 0.1) is 0 Å². The van der Waals surface area contributed by atoms with Crippen molar-refractivity contribution in [3.63, 3.8) is 0 Å². The molecule has 15 heteroatoms. The summed E-state index contributed by atoms with van der Waals surface area (Å²) in [7, 11) is 2.03. The van der Waals surface area contributed by atoms with Gasteiger partial charge in [-0.3, -0.25) is 0 Å². The van der Waals surface area contributed by atoms with Gasteiger partial charge in [0.1, 0.15) is 0 Å². The van der Waals surface area contributed by atoms with Crippen LogP contribution in [-0.4, -0.2) is 34.6 Å². The molecule has 140 valence electrons. The van der Waals surface area contributed by atoms with Crippen LogP contribution in [0.1, 0.15) is 20.4 Å². The zero-order valence-electron chi connectivity index (χ0n) is 11.1. The van der Waals surface area contributed by atoms with E-state index in [0.29, 0.717) is 0 Å². The molecule has 1 aromatic heterocycles. The van der Waals surface area contributed by atoms with Crippen molar-refractivity contribution >= 4 is 17.3 Å². The third-order valence-corrected chi connectivity index (χ3v) is 3.18. The molecule has 0 bridgehead atoms. The molecule has 0 aliphatic carbocycles. The Bertz CT molecular complexity index is 371. The van der Waals surface area contributed by atoms with Crippen molar-refractivity contribution in [2.45, 2.75) is 13.0 Å². The van der Waals surface area contributed by atoms with Crippen molar-refractivity contribution in [3.8, 4) is 0 Å². The minimum atomic E-state index is -0.915. The average Bonchev–Trinajstić information content (AvgIpc) is 3.07. The number of aromatic carboxylic acids is 1. The van der Waals surface area contributed by atoms with Gasteiger partial charge in [0.05, 0.1) is 5.69 Å². The molecule has 2 rings (SSSR count). The molecule has 0 aromatic carbocycles. The molecule has 4 nitrogen and oxygen atoms in total. The van der Waals surface area contributed by atoms with Crippen molar-refractivity contribution in [2.24, 2.45) is 0 Å². The zero-order valence-corrected chi connectivity index (χ0v) is 11.9. The lowest BCUT2D eigenvalue weighted by atomic mass is 10.2. The van der Waals surface area contributed by atoms with Crippen LogP contribution >= 0.6 is 11.3 Å². The van der Waals surface area contributed by atoms with E-state index < -0.39 is 5.97 Å². The topological polar surface area (TPSA) is 53.4 Å². The number of fused-ring (bicyclic) bond motifs is 1. The van der Waals surface area contributed by atoms with Gasteiger partial charge in [-0.25, -0.2) is 9.78 Å². The van der Waals surface area contributed by atoms with E-state index in [4.69, 9.17) is 50.8 Å². The first-order valence-corrected chi connectivity index (χ1v) is 5.60. The molecule has 0 unspecified atom stereocenters. The zero-order chi connectivity index (χ0) is 19.4. The standard InChI is InChI=1S/C8H10N2O2S.5F2/c1-10-3-2-5-6(4-10)13-7(9-5)8(11)12;5*1-2/h2-4H2,1H3,(H,11,12);;;;;. The first-order chi connectivity index (χ1) is 11.2. The highest BCUT2D eigenvalue weighted by atomic mass is 32.1. The van der Waals surface area contributed by atoms with Gasteiger partial charge in [-0.1, -0.05) is 0 Å². The Kier molecular flexibility index (Phi) is 28.9. The lowest BCUT2D eigenvalue weighted by Gasteiger charge is -2.20. The summed E-state index contributed by atoms with van der Waals surface area (Å²) in [6.07, 6.45) is 0.871. The number of hydrogen-bond donors (Lipinski definition) is 1. The summed E-state index contributed by atoms with van der Waals surface area (Å²) in [5, 5.41) is 8.96. The summed E-state index contributed by atoms with van der Waals surface area (Å²) >= 11 is 1.29. The van der Waals surface area contributed by atoms with Gasteiger partial charge in [0.25, 0.3) is 0 Å². The number of nitrogens with zero attached hydrogens (tertiary/aromatic N) is 2. The van der Waals surface area contributed by atoms with Gasteiger partial charge in [-0.15, -0.1) is 11.3 Å². The smallest absolute Gasteiger partial charge is 0.365 e. The second-order valence-corrected chi connectivity index (χ2v) is 4.27. The molecule has 1 aliphatic rings. The molecule has 1 aromatic rings. The summed E-state index contributed by atoms with van der Waals surface area (Å²) in [5.41, 5.74) is 0.973. The van der Waals surface area contributed by atoms with Gasteiger partial charge in [0.15, 0.2) is 0 Å². The molecule has 0 atom stereocenters. The maximum atomic E-state index is 10.6. The van der Waals surface area contributed by atoms with Gasteiger partial charge in [-0.2, -0.15) is 0 Å². The van der Waals surface area contributed by atoms with Crippen LogP contribution in [0.2, 0.25) is 0 Å². The lowest BCUT2D eigenvalue weighted by Crippen LogP contribution is -2.25. The van der Waals surface area contributed by atoms with Gasteiger partial charge in [-0.05, 0) is 7.05 Å². The van der Waals surface area contributed by atoms with Crippen LogP contribution in [0.4, 0.5) is 45.7 Å². The third-order valence-electron chi connectivity index (χ3n) is 2.11. The van der Waals surface area contributed by atoms with E-state index in [2.05, 4.69) is 9.88 Å². The number of likely N-dealkylation sites (N-methyl/N-ethyl adjacent to an activating group) is 1. The Hall–Kier alpha value is -1.64. The predicted octanol–water partition coefficient (Wildman–Crippen LogP) is 5.03. The summed E-state index contributed by atoms with van der Waals surface area (Å²) in [6.45, 7) is 1.80. The van der Waals surface area contributed by atoms with Crippen LogP contribution in [0.25, 0.3) is 0 Å². The first-order valence-electron chi connectivity index (χ1n) is 4.78. The second kappa shape index (κ2) is 22.6. The van der Waals surface area contributed by atoms with Gasteiger partial charge < -0.3 is 10.0 Å². The van der Waals surface area contributed by atoms with Crippen molar-refractivity contribution in [2.75, 3.05) is 13.6 Å². The molecule has 0 saturated carbocycles. The van der Waals surface area contributed by atoms with Crippen LogP contribution in [0.15, 0.2) is 0 Å².